The first-order chi connectivity index (χ1) is 8.78. The number of aromatic nitrogens is 3. The van der Waals surface area contributed by atoms with Crippen LogP contribution in [0.1, 0.15) is 5.56 Å². The van der Waals surface area contributed by atoms with Crippen molar-refractivity contribution in [1.29, 1.82) is 0 Å². The third-order valence-electron chi connectivity index (χ3n) is 2.86. The summed E-state index contributed by atoms with van der Waals surface area (Å²) in [6, 6.07) is 7.94. The van der Waals surface area contributed by atoms with Gasteiger partial charge in [-0.3, -0.25) is 0 Å². The van der Waals surface area contributed by atoms with Gasteiger partial charge in [-0.15, -0.1) is 0 Å². The molecule has 0 aliphatic heterocycles. The molecule has 18 heavy (non-hydrogen) atoms. The summed E-state index contributed by atoms with van der Waals surface area (Å²) in [4.78, 5) is 8.79. The van der Waals surface area contributed by atoms with Gasteiger partial charge in [0.15, 0.2) is 0 Å². The Bertz CT molecular complexity index is 703. The van der Waals surface area contributed by atoms with E-state index >= 15 is 0 Å². The molecule has 0 radical (unpaired) electrons. The van der Waals surface area contributed by atoms with Gasteiger partial charge < -0.3 is 9.14 Å². The normalized spacial score (nSPS) is 10.8. The lowest BCUT2D eigenvalue weighted by Crippen LogP contribution is -1.90. The van der Waals surface area contributed by atoms with Crippen molar-refractivity contribution in [1.82, 2.24) is 14.4 Å². The summed E-state index contributed by atoms with van der Waals surface area (Å²) in [6.45, 7) is 2.05. The van der Waals surface area contributed by atoms with Crippen LogP contribution >= 0.6 is 0 Å². The second-order valence-corrected chi connectivity index (χ2v) is 4.16. The number of hydrogen-bond donors (Lipinski definition) is 0. The molecule has 4 heteroatoms. The van der Waals surface area contributed by atoms with Crippen LogP contribution in [-0.4, -0.2) is 21.5 Å². The fraction of sp³-hybridized carbons (Fsp3) is 0.143. The van der Waals surface area contributed by atoms with Gasteiger partial charge in [0.05, 0.1) is 18.4 Å². The van der Waals surface area contributed by atoms with Crippen molar-refractivity contribution in [2.24, 2.45) is 0 Å². The molecule has 0 bridgehead atoms. The van der Waals surface area contributed by atoms with Crippen molar-refractivity contribution in [3.63, 3.8) is 0 Å². The second kappa shape index (κ2) is 4.14. The van der Waals surface area contributed by atoms with Crippen LogP contribution in [0.4, 0.5) is 0 Å². The number of aryl methyl sites for hydroxylation is 1. The van der Waals surface area contributed by atoms with Crippen molar-refractivity contribution in [3.05, 3.63) is 48.4 Å². The van der Waals surface area contributed by atoms with E-state index in [4.69, 9.17) is 4.74 Å². The van der Waals surface area contributed by atoms with E-state index < -0.39 is 0 Å². The van der Waals surface area contributed by atoms with Crippen molar-refractivity contribution < 1.29 is 4.74 Å². The number of ether oxygens (including phenoxy) is 1. The minimum Gasteiger partial charge on any atom is -0.481 e. The molecule has 0 spiro atoms. The third kappa shape index (κ3) is 1.72. The maximum absolute atomic E-state index is 5.26. The summed E-state index contributed by atoms with van der Waals surface area (Å²) >= 11 is 0. The number of methoxy groups -OCH3 is 1. The zero-order valence-electron chi connectivity index (χ0n) is 10.3. The summed E-state index contributed by atoms with van der Waals surface area (Å²) in [5.74, 6) is 0.595. The zero-order chi connectivity index (χ0) is 12.5. The molecule has 0 aromatic carbocycles. The van der Waals surface area contributed by atoms with Gasteiger partial charge in [0.2, 0.25) is 5.88 Å². The molecule has 0 aliphatic carbocycles. The van der Waals surface area contributed by atoms with Gasteiger partial charge in [0.25, 0.3) is 0 Å². The molecule has 0 fully saturated rings. The third-order valence-corrected chi connectivity index (χ3v) is 2.86. The van der Waals surface area contributed by atoms with Crippen LogP contribution in [-0.2, 0) is 0 Å². The lowest BCUT2D eigenvalue weighted by molar-refractivity contribution is 0.399. The van der Waals surface area contributed by atoms with Gasteiger partial charge in [0, 0.05) is 18.6 Å². The van der Waals surface area contributed by atoms with Crippen LogP contribution in [0.3, 0.4) is 0 Å². The Kier molecular flexibility index (Phi) is 2.48. The highest BCUT2D eigenvalue weighted by Crippen LogP contribution is 2.26. The summed E-state index contributed by atoms with van der Waals surface area (Å²) in [7, 11) is 1.62. The number of imidazole rings is 1. The van der Waals surface area contributed by atoms with Crippen LogP contribution in [0.15, 0.2) is 42.9 Å². The lowest BCUT2D eigenvalue weighted by atomic mass is 10.2. The fourth-order valence-corrected chi connectivity index (χ4v) is 1.96. The molecule has 0 N–H and O–H groups in total. The van der Waals surface area contributed by atoms with E-state index in [9.17, 15) is 0 Å². The zero-order valence-corrected chi connectivity index (χ0v) is 10.3. The van der Waals surface area contributed by atoms with E-state index in [-0.39, 0.29) is 0 Å². The fourth-order valence-electron chi connectivity index (χ4n) is 1.96. The Balaban J connectivity index is 2.19. The molecular formula is C14H13N3O. The van der Waals surface area contributed by atoms with Gasteiger partial charge in [0.1, 0.15) is 5.65 Å². The Labute approximate surface area is 105 Å². The molecular weight excluding hydrogens is 226 g/mol. The van der Waals surface area contributed by atoms with Gasteiger partial charge in [-0.1, -0.05) is 0 Å². The Morgan fingerprint density at radius 3 is 3.00 bits per heavy atom. The predicted molar refractivity (Wildman–Crippen MR) is 69.7 cm³/mol. The standard InChI is InChI=1S/C14H13N3O/c1-10-5-7-17-9-12(16-13(17)8-10)11-4-3-6-15-14(11)18-2/h3-9H,1-2H3. The highest BCUT2D eigenvalue weighted by molar-refractivity contribution is 5.67. The monoisotopic (exact) mass is 239 g/mol. The minimum absolute atomic E-state index is 0.595. The van der Waals surface area contributed by atoms with E-state index in [0.717, 1.165) is 16.9 Å². The molecule has 4 nitrogen and oxygen atoms in total. The highest BCUT2D eigenvalue weighted by atomic mass is 16.5. The number of rotatable bonds is 2. The molecule has 0 atom stereocenters. The number of fused-ring (bicyclic) bond motifs is 1. The Morgan fingerprint density at radius 2 is 2.17 bits per heavy atom. The molecule has 90 valence electrons. The maximum atomic E-state index is 5.26. The highest BCUT2D eigenvalue weighted by Gasteiger charge is 2.10. The second-order valence-electron chi connectivity index (χ2n) is 4.16. The van der Waals surface area contributed by atoms with Gasteiger partial charge in [-0.25, -0.2) is 9.97 Å². The van der Waals surface area contributed by atoms with Crippen LogP contribution in [0, 0.1) is 6.92 Å². The lowest BCUT2D eigenvalue weighted by Gasteiger charge is -2.02. The molecule has 0 amide bonds. The van der Waals surface area contributed by atoms with E-state index in [1.807, 2.05) is 35.0 Å². The van der Waals surface area contributed by atoms with Crippen LogP contribution in [0.5, 0.6) is 5.88 Å². The molecule has 3 aromatic heterocycles. The van der Waals surface area contributed by atoms with Crippen LogP contribution in [0.25, 0.3) is 16.9 Å². The maximum Gasteiger partial charge on any atom is 0.222 e. The number of nitrogens with zero attached hydrogens (tertiary/aromatic N) is 3. The summed E-state index contributed by atoms with van der Waals surface area (Å²) in [5, 5.41) is 0. The average Bonchev–Trinajstić information content (AvgIpc) is 2.81. The smallest absolute Gasteiger partial charge is 0.222 e. The van der Waals surface area contributed by atoms with Crippen LogP contribution < -0.4 is 4.74 Å². The predicted octanol–water partition coefficient (Wildman–Crippen LogP) is 2.71. The SMILES string of the molecule is COc1ncccc1-c1cn2ccc(C)cc2n1. The molecule has 0 saturated carbocycles. The van der Waals surface area contributed by atoms with E-state index in [1.54, 1.807) is 13.3 Å². The van der Waals surface area contributed by atoms with Gasteiger partial charge in [-0.05, 0) is 36.8 Å². The topological polar surface area (TPSA) is 39.4 Å². The van der Waals surface area contributed by atoms with Crippen molar-refractivity contribution >= 4 is 5.65 Å². The summed E-state index contributed by atoms with van der Waals surface area (Å²) in [5.41, 5.74) is 3.89. The van der Waals surface area contributed by atoms with Crippen LogP contribution in [0.2, 0.25) is 0 Å². The molecule has 3 heterocycles. The van der Waals surface area contributed by atoms with Crippen molar-refractivity contribution in [3.8, 4) is 17.1 Å². The average molecular weight is 239 g/mol. The molecule has 0 aliphatic rings. The first-order valence-electron chi connectivity index (χ1n) is 5.72. The van der Waals surface area contributed by atoms with E-state index in [0.29, 0.717) is 5.88 Å². The molecule has 3 aromatic rings. The molecule has 0 unspecified atom stereocenters. The number of pyridine rings is 2. The minimum atomic E-state index is 0.595. The summed E-state index contributed by atoms with van der Waals surface area (Å²) < 4.78 is 7.25. The first-order valence-corrected chi connectivity index (χ1v) is 5.72. The van der Waals surface area contributed by atoms with Gasteiger partial charge >= 0.3 is 0 Å². The van der Waals surface area contributed by atoms with Gasteiger partial charge in [-0.2, -0.15) is 0 Å². The number of hydrogen-bond acceptors (Lipinski definition) is 3. The summed E-state index contributed by atoms with van der Waals surface area (Å²) in [6.07, 6.45) is 5.70. The van der Waals surface area contributed by atoms with E-state index in [2.05, 4.69) is 23.0 Å². The largest absolute Gasteiger partial charge is 0.481 e. The van der Waals surface area contributed by atoms with E-state index in [1.165, 1.54) is 5.56 Å². The molecule has 3 rings (SSSR count). The van der Waals surface area contributed by atoms with Crippen molar-refractivity contribution in [2.75, 3.05) is 7.11 Å². The quantitative estimate of drug-likeness (QED) is 0.690. The van der Waals surface area contributed by atoms with Crippen molar-refractivity contribution in [2.45, 2.75) is 6.92 Å². The Hall–Kier alpha value is -2.36. The first kappa shape index (κ1) is 10.8. The Morgan fingerprint density at radius 1 is 1.28 bits per heavy atom. The molecule has 0 saturated heterocycles.